The van der Waals surface area contributed by atoms with E-state index in [1.807, 2.05) is 43.5 Å². The Balaban J connectivity index is 1.30. The smallest absolute Gasteiger partial charge is 0.267 e. The molecule has 0 spiro atoms. The summed E-state index contributed by atoms with van der Waals surface area (Å²) in [4.78, 5) is 40.7. The fraction of sp³-hybridized carbons (Fsp3) is 0.333. The summed E-state index contributed by atoms with van der Waals surface area (Å²) in [6.07, 6.45) is 4.07. The molecular formula is C27H30ClN9OS. The average molecular weight is 564 g/mol. The number of hydrogen-bond donors (Lipinski definition) is 2. The minimum Gasteiger partial charge on any atom is -0.353 e. The molecule has 0 unspecified atom stereocenters. The van der Waals surface area contributed by atoms with Crippen LogP contribution in [0.2, 0.25) is 5.02 Å². The van der Waals surface area contributed by atoms with Crippen LogP contribution in [-0.4, -0.2) is 57.0 Å². The molecular weight excluding hydrogens is 534 g/mol. The molecule has 2 N–H and O–H groups in total. The highest BCUT2D eigenvalue weighted by molar-refractivity contribution is 7.17. The van der Waals surface area contributed by atoms with Gasteiger partial charge in [-0.1, -0.05) is 55.0 Å². The standard InChI is InChI=1S/C27H30ClN9OS/c1-17(2)15-21-31-25(34-26(32-21)37-13-11-36(12-14-37)22-9-4-5-10-29-22)35-27-30-16-20(39-27)24(38)33-23-18(3)7-6-8-19(23)28/h4-10,16-17H,11-15H2,1-3H3,(H,33,38)(H,30,31,32,34,35). The second-order valence-corrected chi connectivity index (χ2v) is 11.1. The van der Waals surface area contributed by atoms with Crippen molar-refractivity contribution in [3.8, 4) is 0 Å². The van der Waals surface area contributed by atoms with Gasteiger partial charge in [0.25, 0.3) is 5.91 Å². The third-order valence-corrected chi connectivity index (χ3v) is 7.43. The molecule has 1 fully saturated rings. The van der Waals surface area contributed by atoms with Crippen LogP contribution in [0, 0.1) is 12.8 Å². The predicted octanol–water partition coefficient (Wildman–Crippen LogP) is 5.21. The molecule has 0 bridgehead atoms. The van der Waals surface area contributed by atoms with Crippen molar-refractivity contribution >= 4 is 57.4 Å². The van der Waals surface area contributed by atoms with Gasteiger partial charge in [-0.05, 0) is 36.6 Å². The molecule has 3 aromatic heterocycles. The van der Waals surface area contributed by atoms with E-state index in [1.165, 1.54) is 17.5 Å². The molecule has 0 saturated carbocycles. The summed E-state index contributed by atoms with van der Waals surface area (Å²) in [5.74, 6) is 2.84. The first-order valence-electron chi connectivity index (χ1n) is 12.8. The van der Waals surface area contributed by atoms with E-state index in [9.17, 15) is 4.79 Å². The van der Waals surface area contributed by atoms with E-state index in [-0.39, 0.29) is 5.91 Å². The van der Waals surface area contributed by atoms with Crippen molar-refractivity contribution in [3.05, 3.63) is 70.1 Å². The first-order valence-corrected chi connectivity index (χ1v) is 14.0. The normalized spacial score (nSPS) is 13.6. The molecule has 4 aromatic rings. The van der Waals surface area contributed by atoms with Gasteiger partial charge in [0.15, 0.2) is 5.13 Å². The summed E-state index contributed by atoms with van der Waals surface area (Å²) in [6.45, 7) is 9.34. The SMILES string of the molecule is Cc1cccc(Cl)c1NC(=O)c1cnc(Nc2nc(CC(C)C)nc(N3CCN(c4ccccn4)CC3)n2)s1. The van der Waals surface area contributed by atoms with E-state index < -0.39 is 0 Å². The molecule has 0 atom stereocenters. The predicted molar refractivity (Wildman–Crippen MR) is 157 cm³/mol. The zero-order chi connectivity index (χ0) is 27.4. The van der Waals surface area contributed by atoms with Crippen LogP contribution >= 0.6 is 22.9 Å². The van der Waals surface area contributed by atoms with Crippen LogP contribution in [0.4, 0.5) is 28.5 Å². The molecule has 1 amide bonds. The highest BCUT2D eigenvalue weighted by Crippen LogP contribution is 2.28. The summed E-state index contributed by atoms with van der Waals surface area (Å²) in [7, 11) is 0. The van der Waals surface area contributed by atoms with E-state index in [1.54, 1.807) is 6.07 Å². The molecule has 39 heavy (non-hydrogen) atoms. The Kier molecular flexibility index (Phi) is 8.18. The number of carbonyl (C=O) groups is 1. The number of carbonyl (C=O) groups excluding carboxylic acids is 1. The van der Waals surface area contributed by atoms with Gasteiger partial charge >= 0.3 is 0 Å². The Bertz CT molecular complexity index is 1420. The van der Waals surface area contributed by atoms with Crippen molar-refractivity contribution in [3.63, 3.8) is 0 Å². The van der Waals surface area contributed by atoms with Gasteiger partial charge in [0, 0.05) is 38.8 Å². The first-order chi connectivity index (χ1) is 18.9. The van der Waals surface area contributed by atoms with E-state index >= 15 is 0 Å². The van der Waals surface area contributed by atoms with E-state index in [2.05, 4.69) is 49.2 Å². The third-order valence-electron chi connectivity index (χ3n) is 6.21. The minimum absolute atomic E-state index is 0.278. The van der Waals surface area contributed by atoms with E-state index in [4.69, 9.17) is 21.6 Å². The monoisotopic (exact) mass is 563 g/mol. The number of thiazole rings is 1. The van der Waals surface area contributed by atoms with Crippen molar-refractivity contribution in [2.45, 2.75) is 27.2 Å². The molecule has 202 valence electrons. The number of nitrogens with one attached hydrogen (secondary N) is 2. The second-order valence-electron chi connectivity index (χ2n) is 9.68. The van der Waals surface area contributed by atoms with Gasteiger partial charge in [0.05, 0.1) is 16.9 Å². The van der Waals surface area contributed by atoms with E-state index in [0.717, 1.165) is 44.0 Å². The number of amides is 1. The van der Waals surface area contributed by atoms with Gasteiger partial charge in [-0.2, -0.15) is 15.0 Å². The molecule has 10 nitrogen and oxygen atoms in total. The summed E-state index contributed by atoms with van der Waals surface area (Å²) in [5, 5.41) is 7.08. The number of halogens is 1. The quantitative estimate of drug-likeness (QED) is 0.298. The fourth-order valence-corrected chi connectivity index (χ4v) is 5.21. The van der Waals surface area contributed by atoms with Crippen LogP contribution in [0.3, 0.4) is 0 Å². The summed E-state index contributed by atoms with van der Waals surface area (Å²) in [5.41, 5.74) is 1.48. The van der Waals surface area contributed by atoms with Gasteiger partial charge < -0.3 is 15.1 Å². The molecule has 0 aliphatic carbocycles. The lowest BCUT2D eigenvalue weighted by molar-refractivity contribution is 0.103. The summed E-state index contributed by atoms with van der Waals surface area (Å²) in [6, 6.07) is 11.4. The van der Waals surface area contributed by atoms with Crippen LogP contribution in [0.25, 0.3) is 0 Å². The molecule has 1 saturated heterocycles. The van der Waals surface area contributed by atoms with Crippen molar-refractivity contribution in [1.29, 1.82) is 0 Å². The molecule has 4 heterocycles. The fourth-order valence-electron chi connectivity index (χ4n) is 4.24. The lowest BCUT2D eigenvalue weighted by Gasteiger charge is -2.35. The maximum atomic E-state index is 12.9. The lowest BCUT2D eigenvalue weighted by Crippen LogP contribution is -2.47. The number of para-hydroxylation sites is 1. The highest BCUT2D eigenvalue weighted by Gasteiger charge is 2.22. The third kappa shape index (κ3) is 6.61. The minimum atomic E-state index is -0.278. The Hall–Kier alpha value is -3.83. The molecule has 0 radical (unpaired) electrons. The Morgan fingerprint density at radius 2 is 1.82 bits per heavy atom. The van der Waals surface area contributed by atoms with Gasteiger partial charge in [-0.3, -0.25) is 10.1 Å². The van der Waals surface area contributed by atoms with Crippen molar-refractivity contribution in [2.75, 3.05) is 46.6 Å². The zero-order valence-corrected chi connectivity index (χ0v) is 23.6. The van der Waals surface area contributed by atoms with Gasteiger partial charge in [0.2, 0.25) is 11.9 Å². The van der Waals surface area contributed by atoms with Crippen LogP contribution in [0.1, 0.15) is 34.9 Å². The number of piperazine rings is 1. The molecule has 1 aliphatic rings. The van der Waals surface area contributed by atoms with Crippen LogP contribution < -0.4 is 20.4 Å². The van der Waals surface area contributed by atoms with Gasteiger partial charge in [-0.15, -0.1) is 0 Å². The van der Waals surface area contributed by atoms with Crippen LogP contribution in [0.5, 0.6) is 0 Å². The van der Waals surface area contributed by atoms with Crippen LogP contribution in [0.15, 0.2) is 48.8 Å². The largest absolute Gasteiger partial charge is 0.353 e. The number of aromatic nitrogens is 5. The number of aryl methyl sites for hydroxylation is 1. The number of pyridine rings is 1. The maximum Gasteiger partial charge on any atom is 0.267 e. The van der Waals surface area contributed by atoms with Crippen molar-refractivity contribution < 1.29 is 4.79 Å². The maximum absolute atomic E-state index is 12.9. The van der Waals surface area contributed by atoms with Crippen LogP contribution in [-0.2, 0) is 6.42 Å². The number of nitrogens with zero attached hydrogens (tertiary/aromatic N) is 7. The highest BCUT2D eigenvalue weighted by atomic mass is 35.5. The van der Waals surface area contributed by atoms with E-state index in [0.29, 0.717) is 44.4 Å². The second kappa shape index (κ2) is 11.9. The first kappa shape index (κ1) is 26.8. The number of rotatable bonds is 8. The number of anilines is 5. The zero-order valence-electron chi connectivity index (χ0n) is 22.1. The Morgan fingerprint density at radius 1 is 1.03 bits per heavy atom. The molecule has 5 rings (SSSR count). The average Bonchev–Trinajstić information content (AvgIpc) is 3.39. The Morgan fingerprint density at radius 3 is 2.54 bits per heavy atom. The lowest BCUT2D eigenvalue weighted by atomic mass is 10.1. The van der Waals surface area contributed by atoms with Gasteiger partial charge in [-0.25, -0.2) is 9.97 Å². The number of hydrogen-bond acceptors (Lipinski definition) is 10. The summed E-state index contributed by atoms with van der Waals surface area (Å²) >= 11 is 7.49. The van der Waals surface area contributed by atoms with Gasteiger partial charge in [0.1, 0.15) is 16.5 Å². The van der Waals surface area contributed by atoms with Crippen molar-refractivity contribution in [1.82, 2.24) is 24.9 Å². The molecule has 1 aliphatic heterocycles. The topological polar surface area (TPSA) is 112 Å². The molecule has 1 aromatic carbocycles. The molecule has 12 heteroatoms. The van der Waals surface area contributed by atoms with Crippen molar-refractivity contribution in [2.24, 2.45) is 5.92 Å². The summed E-state index contributed by atoms with van der Waals surface area (Å²) < 4.78 is 0. The number of benzene rings is 1. The Labute approximate surface area is 236 Å².